The molecule has 2 aliphatic heterocycles. The van der Waals surface area contributed by atoms with E-state index in [-0.39, 0.29) is 30.8 Å². The van der Waals surface area contributed by atoms with E-state index in [2.05, 4.69) is 20.3 Å². The molecule has 0 radical (unpaired) electrons. The summed E-state index contributed by atoms with van der Waals surface area (Å²) in [5.41, 5.74) is 6.60. The Morgan fingerprint density at radius 1 is 1.43 bits per heavy atom. The predicted molar refractivity (Wildman–Crippen MR) is 72.9 cm³/mol. The maximum Gasteiger partial charge on any atom is 0.438 e. The third kappa shape index (κ3) is 2.61. The minimum Gasteiger partial charge on any atom is -0.338 e. The quantitative estimate of drug-likeness (QED) is 0.472. The molecule has 1 atom stereocenters. The number of amides is 1. The first kappa shape index (κ1) is 15.3. The van der Waals surface area contributed by atoms with E-state index in [9.17, 15) is 18.0 Å². The van der Waals surface area contributed by atoms with Gasteiger partial charge in [0.2, 0.25) is 0 Å². The normalized spacial score (nSPS) is 21.9. The van der Waals surface area contributed by atoms with E-state index in [1.807, 2.05) is 0 Å². The molecular weight excluding hydrogens is 313 g/mol. The Hall–Kier alpha value is -2.61. The number of likely N-dealkylation sites (tertiary alicyclic amines) is 1. The molecule has 7 nitrogen and oxygen atoms in total. The number of benzene rings is 1. The van der Waals surface area contributed by atoms with Gasteiger partial charge in [-0.3, -0.25) is 4.79 Å². The molecule has 120 valence electrons. The van der Waals surface area contributed by atoms with Gasteiger partial charge in [-0.2, -0.15) is 13.2 Å². The zero-order valence-corrected chi connectivity index (χ0v) is 11.7. The summed E-state index contributed by atoms with van der Waals surface area (Å²) in [7, 11) is 0. The van der Waals surface area contributed by atoms with E-state index in [0.717, 1.165) is 0 Å². The molecule has 1 amide bonds. The average molecular weight is 324 g/mol. The fraction of sp³-hybridized carbons (Fsp3) is 0.462. The summed E-state index contributed by atoms with van der Waals surface area (Å²) in [4.78, 5) is 16.4. The number of rotatable bonds is 3. The van der Waals surface area contributed by atoms with Crippen LogP contribution in [0.25, 0.3) is 10.4 Å². The van der Waals surface area contributed by atoms with Crippen LogP contribution in [0.5, 0.6) is 0 Å². The lowest BCUT2D eigenvalue weighted by molar-refractivity contribution is -0.175. The molecule has 1 fully saturated rings. The number of carbonyl (C=O) groups excluding carboxylic acids is 1. The minimum atomic E-state index is -4.53. The van der Waals surface area contributed by atoms with Crippen LogP contribution in [0.15, 0.2) is 39.6 Å². The van der Waals surface area contributed by atoms with Crippen molar-refractivity contribution in [3.8, 4) is 0 Å². The van der Waals surface area contributed by atoms with Crippen LogP contribution in [-0.4, -0.2) is 35.7 Å². The van der Waals surface area contributed by atoms with Gasteiger partial charge in [0, 0.05) is 35.2 Å². The molecule has 0 aromatic heterocycles. The molecule has 0 N–H and O–H groups in total. The van der Waals surface area contributed by atoms with Crippen molar-refractivity contribution in [1.29, 1.82) is 0 Å². The van der Waals surface area contributed by atoms with Gasteiger partial charge in [0.25, 0.3) is 11.6 Å². The smallest absolute Gasteiger partial charge is 0.338 e. The van der Waals surface area contributed by atoms with E-state index >= 15 is 0 Å². The molecular formula is C13H11F3N6O. The fourth-order valence-electron chi connectivity index (χ4n) is 2.77. The molecule has 3 rings (SSSR count). The highest BCUT2D eigenvalue weighted by atomic mass is 19.4. The van der Waals surface area contributed by atoms with Gasteiger partial charge in [-0.1, -0.05) is 17.2 Å². The van der Waals surface area contributed by atoms with E-state index < -0.39 is 23.7 Å². The highest BCUT2D eigenvalue weighted by Gasteiger charge is 2.69. The number of azide groups is 1. The molecule has 2 heterocycles. The third-order valence-electron chi connectivity index (χ3n) is 4.03. The first-order chi connectivity index (χ1) is 10.9. The summed E-state index contributed by atoms with van der Waals surface area (Å²) >= 11 is 0. The van der Waals surface area contributed by atoms with Crippen molar-refractivity contribution < 1.29 is 18.0 Å². The van der Waals surface area contributed by atoms with Crippen LogP contribution in [0.3, 0.4) is 0 Å². The van der Waals surface area contributed by atoms with Gasteiger partial charge in [-0.05, 0) is 24.1 Å². The summed E-state index contributed by atoms with van der Waals surface area (Å²) < 4.78 is 39.0. The molecule has 0 aliphatic carbocycles. The van der Waals surface area contributed by atoms with Gasteiger partial charge in [0.05, 0.1) is 0 Å². The van der Waals surface area contributed by atoms with Crippen LogP contribution in [-0.2, 0) is 0 Å². The zero-order valence-electron chi connectivity index (χ0n) is 11.7. The summed E-state index contributed by atoms with van der Waals surface area (Å²) in [6.07, 6.45) is -4.34. The molecule has 1 unspecified atom stereocenters. The first-order valence-electron chi connectivity index (χ1n) is 6.82. The summed E-state index contributed by atoms with van der Waals surface area (Å²) in [6, 6.07) is 6.01. The Bertz CT molecular complexity index is 719. The molecule has 0 bridgehead atoms. The SMILES string of the molecule is [N-]=[N+]=Nc1cccc(C(=O)N2CCC(C3(C(F)(F)F)N=N3)C2)c1. The number of alkyl halides is 3. The molecule has 1 aromatic rings. The van der Waals surface area contributed by atoms with Gasteiger partial charge in [-0.15, -0.1) is 10.2 Å². The molecule has 10 heteroatoms. The lowest BCUT2D eigenvalue weighted by atomic mass is 9.95. The lowest BCUT2D eigenvalue weighted by Crippen LogP contribution is -2.42. The van der Waals surface area contributed by atoms with Gasteiger partial charge in [-0.25, -0.2) is 0 Å². The van der Waals surface area contributed by atoms with Crippen molar-refractivity contribution in [1.82, 2.24) is 4.90 Å². The van der Waals surface area contributed by atoms with Gasteiger partial charge in [0.15, 0.2) is 0 Å². The van der Waals surface area contributed by atoms with E-state index in [1.54, 1.807) is 6.07 Å². The molecule has 0 spiro atoms. The van der Waals surface area contributed by atoms with Gasteiger partial charge >= 0.3 is 6.18 Å². The molecule has 23 heavy (non-hydrogen) atoms. The van der Waals surface area contributed by atoms with E-state index in [4.69, 9.17) is 5.53 Å². The van der Waals surface area contributed by atoms with Crippen molar-refractivity contribution in [3.05, 3.63) is 40.3 Å². The second-order valence-electron chi connectivity index (χ2n) is 5.40. The summed E-state index contributed by atoms with van der Waals surface area (Å²) in [6.45, 7) is 0.148. The highest BCUT2D eigenvalue weighted by molar-refractivity contribution is 5.95. The predicted octanol–water partition coefficient (Wildman–Crippen LogP) is 3.81. The highest BCUT2D eigenvalue weighted by Crippen LogP contribution is 2.52. The number of halogens is 3. The van der Waals surface area contributed by atoms with Crippen molar-refractivity contribution >= 4 is 11.6 Å². The Morgan fingerprint density at radius 2 is 2.17 bits per heavy atom. The Morgan fingerprint density at radius 3 is 2.78 bits per heavy atom. The zero-order chi connectivity index (χ0) is 16.7. The van der Waals surface area contributed by atoms with Crippen LogP contribution in [0, 0.1) is 5.92 Å². The Kier molecular flexibility index (Phi) is 3.48. The van der Waals surface area contributed by atoms with E-state index in [0.29, 0.717) is 0 Å². The first-order valence-corrected chi connectivity index (χ1v) is 6.82. The molecule has 0 saturated carbocycles. The number of hydrogen-bond donors (Lipinski definition) is 0. The van der Waals surface area contributed by atoms with Gasteiger partial charge < -0.3 is 4.90 Å². The van der Waals surface area contributed by atoms with Crippen molar-refractivity contribution in [2.75, 3.05) is 13.1 Å². The Labute approximate surface area is 128 Å². The molecule has 1 saturated heterocycles. The van der Waals surface area contributed by atoms with Crippen LogP contribution < -0.4 is 0 Å². The maximum atomic E-state index is 13.0. The van der Waals surface area contributed by atoms with Crippen molar-refractivity contribution in [3.63, 3.8) is 0 Å². The second kappa shape index (κ2) is 5.24. The van der Waals surface area contributed by atoms with Crippen molar-refractivity contribution in [2.45, 2.75) is 18.3 Å². The number of nitrogens with zero attached hydrogens (tertiary/aromatic N) is 6. The summed E-state index contributed by atoms with van der Waals surface area (Å²) in [5.74, 6) is -1.26. The standard InChI is InChI=1S/C13H11F3N6O/c14-13(15,16)12(19-20-12)9-4-5-22(7-9)11(23)8-2-1-3-10(6-8)18-21-17/h1-3,6,9H,4-5,7H2. The summed E-state index contributed by atoms with van der Waals surface area (Å²) in [5, 5.41) is 9.80. The topological polar surface area (TPSA) is 93.8 Å². The third-order valence-corrected chi connectivity index (χ3v) is 4.03. The van der Waals surface area contributed by atoms with Crippen LogP contribution in [0.4, 0.5) is 18.9 Å². The van der Waals surface area contributed by atoms with Crippen LogP contribution >= 0.6 is 0 Å². The Balaban J connectivity index is 1.73. The van der Waals surface area contributed by atoms with Crippen molar-refractivity contribution in [2.24, 2.45) is 21.3 Å². The average Bonchev–Trinajstić information content (AvgIpc) is 3.19. The van der Waals surface area contributed by atoms with Crippen LogP contribution in [0.2, 0.25) is 0 Å². The number of carbonyl (C=O) groups is 1. The number of hydrogen-bond acceptors (Lipinski definition) is 4. The molecule has 2 aliphatic rings. The largest absolute Gasteiger partial charge is 0.438 e. The lowest BCUT2D eigenvalue weighted by Gasteiger charge is -2.21. The molecule has 1 aromatic carbocycles. The van der Waals surface area contributed by atoms with Gasteiger partial charge in [0.1, 0.15) is 0 Å². The minimum absolute atomic E-state index is 0.0584. The fourth-order valence-corrected chi connectivity index (χ4v) is 2.77. The van der Waals surface area contributed by atoms with E-state index in [1.165, 1.54) is 23.1 Å². The second-order valence-corrected chi connectivity index (χ2v) is 5.40. The van der Waals surface area contributed by atoms with Crippen LogP contribution in [0.1, 0.15) is 16.8 Å². The maximum absolute atomic E-state index is 13.0. The monoisotopic (exact) mass is 324 g/mol.